The van der Waals surface area contributed by atoms with Gasteiger partial charge in [0.2, 0.25) is 11.7 Å². The van der Waals surface area contributed by atoms with Crippen LogP contribution in [0.15, 0.2) is 24.3 Å². The molecule has 4 N–H and O–H groups in total. The lowest BCUT2D eigenvalue weighted by Gasteiger charge is -2.37. The molecule has 1 aromatic heterocycles. The van der Waals surface area contributed by atoms with Gasteiger partial charge in [0.25, 0.3) is 0 Å². The summed E-state index contributed by atoms with van der Waals surface area (Å²) in [7, 11) is 0. The number of nitrogens with one attached hydrogen (secondary N) is 2. The van der Waals surface area contributed by atoms with Crippen LogP contribution in [-0.2, 0) is 11.3 Å². The van der Waals surface area contributed by atoms with E-state index >= 15 is 0 Å². The number of nitrogens with zero attached hydrogens (tertiary/aromatic N) is 3. The highest BCUT2D eigenvalue weighted by Gasteiger charge is 2.37. The van der Waals surface area contributed by atoms with Crippen LogP contribution in [0.5, 0.6) is 0 Å². The number of carbonyl (C=O) groups excluding carboxylic acids is 1. The van der Waals surface area contributed by atoms with Gasteiger partial charge in [-0.2, -0.15) is 5.21 Å². The summed E-state index contributed by atoms with van der Waals surface area (Å²) in [6.45, 7) is 2.48. The summed E-state index contributed by atoms with van der Waals surface area (Å²) >= 11 is 0. The molecule has 1 fully saturated rings. The van der Waals surface area contributed by atoms with E-state index in [1.807, 2.05) is 31.2 Å². The first kappa shape index (κ1) is 15.6. The van der Waals surface area contributed by atoms with Gasteiger partial charge < -0.3 is 11.1 Å². The molecule has 3 rings (SSSR count). The molecule has 1 saturated carbocycles. The van der Waals surface area contributed by atoms with Crippen LogP contribution in [0.2, 0.25) is 0 Å². The van der Waals surface area contributed by atoms with Crippen molar-refractivity contribution in [2.45, 2.75) is 44.7 Å². The Kier molecular flexibility index (Phi) is 4.38. The molecule has 1 aliphatic carbocycles. The first-order valence-corrected chi connectivity index (χ1v) is 7.95. The van der Waals surface area contributed by atoms with Crippen molar-refractivity contribution in [1.29, 1.82) is 0 Å². The fraction of sp³-hybridized carbons (Fsp3) is 0.500. The van der Waals surface area contributed by atoms with E-state index in [9.17, 15) is 4.79 Å². The summed E-state index contributed by atoms with van der Waals surface area (Å²) < 4.78 is 0. The van der Waals surface area contributed by atoms with E-state index in [1.165, 1.54) is 0 Å². The van der Waals surface area contributed by atoms with Gasteiger partial charge in [0, 0.05) is 17.6 Å². The molecule has 0 radical (unpaired) electrons. The van der Waals surface area contributed by atoms with Gasteiger partial charge in [0.15, 0.2) is 0 Å². The van der Waals surface area contributed by atoms with Gasteiger partial charge in [-0.25, -0.2) is 0 Å². The van der Waals surface area contributed by atoms with Gasteiger partial charge in [0.1, 0.15) is 0 Å². The van der Waals surface area contributed by atoms with Gasteiger partial charge in [-0.05, 0) is 30.5 Å². The molecular weight excluding hydrogens is 292 g/mol. The average molecular weight is 314 g/mol. The quantitative estimate of drug-likeness (QED) is 0.790. The molecule has 2 unspecified atom stereocenters. The molecule has 1 heterocycles. The minimum absolute atomic E-state index is 0.0527. The van der Waals surface area contributed by atoms with Gasteiger partial charge in [-0.3, -0.25) is 4.79 Å². The number of carbonyl (C=O) groups is 1. The lowest BCUT2D eigenvalue weighted by molar-refractivity contribution is -0.128. The van der Waals surface area contributed by atoms with E-state index in [0.29, 0.717) is 12.4 Å². The Morgan fingerprint density at radius 1 is 1.39 bits per heavy atom. The van der Waals surface area contributed by atoms with Crippen LogP contribution in [-0.4, -0.2) is 32.1 Å². The maximum absolute atomic E-state index is 12.4. The molecule has 1 aliphatic rings. The maximum Gasteiger partial charge on any atom is 0.225 e. The zero-order chi connectivity index (χ0) is 16.3. The van der Waals surface area contributed by atoms with Crippen molar-refractivity contribution in [2.75, 3.05) is 0 Å². The van der Waals surface area contributed by atoms with E-state index in [-0.39, 0.29) is 11.8 Å². The molecule has 0 spiro atoms. The number of rotatable bonds is 4. The Balaban J connectivity index is 1.58. The summed E-state index contributed by atoms with van der Waals surface area (Å²) in [5, 5.41) is 16.9. The SMILES string of the molecule is CC1(N)CCCCC1C(=O)NCc1ccc(-c2nn[nH]n2)cc1. The van der Waals surface area contributed by atoms with Crippen LogP contribution in [0.25, 0.3) is 11.4 Å². The molecule has 7 heteroatoms. The number of aromatic amines is 1. The molecule has 7 nitrogen and oxygen atoms in total. The van der Waals surface area contributed by atoms with Crippen LogP contribution in [0.3, 0.4) is 0 Å². The highest BCUT2D eigenvalue weighted by atomic mass is 16.1. The van der Waals surface area contributed by atoms with E-state index in [0.717, 1.165) is 36.8 Å². The molecule has 23 heavy (non-hydrogen) atoms. The minimum atomic E-state index is -0.398. The van der Waals surface area contributed by atoms with Crippen LogP contribution < -0.4 is 11.1 Å². The molecule has 122 valence electrons. The normalized spacial score (nSPS) is 24.3. The average Bonchev–Trinajstić information content (AvgIpc) is 3.07. The fourth-order valence-corrected chi connectivity index (χ4v) is 3.16. The van der Waals surface area contributed by atoms with E-state index in [2.05, 4.69) is 25.9 Å². The number of H-pyrrole nitrogens is 1. The van der Waals surface area contributed by atoms with Crippen LogP contribution in [0.1, 0.15) is 38.2 Å². The topological polar surface area (TPSA) is 110 Å². The first-order chi connectivity index (χ1) is 11.1. The summed E-state index contributed by atoms with van der Waals surface area (Å²) in [6.07, 6.45) is 3.96. The van der Waals surface area contributed by atoms with Crippen molar-refractivity contribution in [3.8, 4) is 11.4 Å². The summed E-state index contributed by atoms with van der Waals surface area (Å²) in [6, 6.07) is 7.74. The van der Waals surface area contributed by atoms with Crippen LogP contribution in [0.4, 0.5) is 0 Å². The van der Waals surface area contributed by atoms with Gasteiger partial charge >= 0.3 is 0 Å². The molecule has 1 aromatic carbocycles. The number of hydrogen-bond acceptors (Lipinski definition) is 5. The molecular formula is C16H22N6O. The third-order valence-electron chi connectivity index (χ3n) is 4.60. The zero-order valence-corrected chi connectivity index (χ0v) is 13.2. The number of aromatic nitrogens is 4. The maximum atomic E-state index is 12.4. The van der Waals surface area contributed by atoms with Crippen molar-refractivity contribution < 1.29 is 4.79 Å². The Labute approximate surface area is 135 Å². The lowest BCUT2D eigenvalue weighted by Crippen LogP contribution is -2.52. The van der Waals surface area contributed by atoms with Gasteiger partial charge in [0.05, 0.1) is 5.92 Å². The van der Waals surface area contributed by atoms with Crippen molar-refractivity contribution in [3.63, 3.8) is 0 Å². The number of nitrogens with two attached hydrogens (primary N) is 1. The van der Waals surface area contributed by atoms with Gasteiger partial charge in [-0.1, -0.05) is 37.1 Å². The standard InChI is InChI=1S/C16H22N6O/c1-16(17)9-3-2-4-13(16)15(23)18-10-11-5-7-12(8-6-11)14-19-21-22-20-14/h5-8,13H,2-4,9-10,17H2,1H3,(H,18,23)(H,19,20,21,22). The Morgan fingerprint density at radius 2 is 2.17 bits per heavy atom. The molecule has 1 amide bonds. The van der Waals surface area contributed by atoms with E-state index < -0.39 is 5.54 Å². The van der Waals surface area contributed by atoms with Crippen molar-refractivity contribution in [1.82, 2.24) is 25.9 Å². The molecule has 0 aliphatic heterocycles. The number of benzene rings is 1. The van der Waals surface area contributed by atoms with Crippen LogP contribution in [0, 0.1) is 5.92 Å². The van der Waals surface area contributed by atoms with Crippen molar-refractivity contribution >= 4 is 5.91 Å². The Hall–Kier alpha value is -2.28. The monoisotopic (exact) mass is 314 g/mol. The lowest BCUT2D eigenvalue weighted by atomic mass is 9.74. The number of tetrazole rings is 1. The van der Waals surface area contributed by atoms with Crippen molar-refractivity contribution in [2.24, 2.45) is 11.7 Å². The molecule has 0 bridgehead atoms. The third kappa shape index (κ3) is 3.56. The van der Waals surface area contributed by atoms with E-state index in [4.69, 9.17) is 5.73 Å². The molecule has 2 atom stereocenters. The highest BCUT2D eigenvalue weighted by Crippen LogP contribution is 2.31. The predicted octanol–water partition coefficient (Wildman–Crippen LogP) is 1.39. The number of amides is 1. The second kappa shape index (κ2) is 6.45. The van der Waals surface area contributed by atoms with E-state index in [1.54, 1.807) is 0 Å². The molecule has 2 aromatic rings. The summed E-state index contributed by atoms with van der Waals surface area (Å²) in [5.41, 5.74) is 7.80. The van der Waals surface area contributed by atoms with Crippen LogP contribution >= 0.6 is 0 Å². The Morgan fingerprint density at radius 3 is 2.83 bits per heavy atom. The summed E-state index contributed by atoms with van der Waals surface area (Å²) in [4.78, 5) is 12.4. The highest BCUT2D eigenvalue weighted by molar-refractivity contribution is 5.80. The smallest absolute Gasteiger partial charge is 0.225 e. The first-order valence-electron chi connectivity index (χ1n) is 7.95. The Bertz CT molecular complexity index is 650. The molecule has 0 saturated heterocycles. The number of hydrogen-bond donors (Lipinski definition) is 3. The van der Waals surface area contributed by atoms with Gasteiger partial charge in [-0.15, -0.1) is 10.2 Å². The second-order valence-electron chi connectivity index (χ2n) is 6.45. The van der Waals surface area contributed by atoms with Crippen molar-refractivity contribution in [3.05, 3.63) is 29.8 Å². The summed E-state index contributed by atoms with van der Waals surface area (Å²) in [5.74, 6) is 0.508. The fourth-order valence-electron chi connectivity index (χ4n) is 3.16. The zero-order valence-electron chi connectivity index (χ0n) is 13.2. The largest absolute Gasteiger partial charge is 0.352 e. The third-order valence-corrected chi connectivity index (χ3v) is 4.60. The predicted molar refractivity (Wildman–Crippen MR) is 86.0 cm³/mol. The minimum Gasteiger partial charge on any atom is -0.352 e. The second-order valence-corrected chi connectivity index (χ2v) is 6.45.